The quantitative estimate of drug-likeness (QED) is 0.632. The first-order valence-corrected chi connectivity index (χ1v) is 9.67. The van der Waals surface area contributed by atoms with Gasteiger partial charge in [-0.3, -0.25) is 10.1 Å². The fourth-order valence-corrected chi connectivity index (χ4v) is 3.80. The van der Waals surface area contributed by atoms with E-state index < -0.39 is 14.9 Å². The topological polar surface area (TPSA) is 95.8 Å². The van der Waals surface area contributed by atoms with Gasteiger partial charge in [0.1, 0.15) is 5.69 Å². The molecule has 1 saturated heterocycles. The molecule has 8 nitrogen and oxygen atoms in total. The number of nitro groups is 1. The third-order valence-corrected chi connectivity index (χ3v) is 5.88. The Balaban J connectivity index is 1.83. The van der Waals surface area contributed by atoms with Crippen LogP contribution < -0.4 is 14.5 Å². The van der Waals surface area contributed by atoms with Crippen molar-refractivity contribution in [2.45, 2.75) is 4.90 Å². The van der Waals surface area contributed by atoms with E-state index in [-0.39, 0.29) is 10.6 Å². The number of nitrogens with one attached hydrogen (secondary N) is 1. The van der Waals surface area contributed by atoms with E-state index in [2.05, 4.69) is 9.62 Å². The van der Waals surface area contributed by atoms with Gasteiger partial charge in [0, 0.05) is 37.9 Å². The van der Waals surface area contributed by atoms with Crippen LogP contribution in [0, 0.1) is 10.1 Å². The molecule has 0 atom stereocenters. The van der Waals surface area contributed by atoms with Crippen LogP contribution in [0.25, 0.3) is 0 Å². The van der Waals surface area contributed by atoms with E-state index >= 15 is 0 Å². The van der Waals surface area contributed by atoms with Crippen LogP contribution in [-0.2, 0) is 10.0 Å². The molecule has 2 aromatic carbocycles. The van der Waals surface area contributed by atoms with Gasteiger partial charge in [0.15, 0.2) is 0 Å². The Morgan fingerprint density at radius 2 is 1.62 bits per heavy atom. The van der Waals surface area contributed by atoms with Crippen LogP contribution in [0.4, 0.5) is 17.1 Å². The lowest BCUT2D eigenvalue weighted by Crippen LogP contribution is -2.46. The molecule has 0 unspecified atom stereocenters. The van der Waals surface area contributed by atoms with Gasteiger partial charge in [-0.1, -0.05) is 18.2 Å². The zero-order valence-electron chi connectivity index (χ0n) is 14.3. The zero-order valence-corrected chi connectivity index (χ0v) is 15.1. The zero-order chi connectivity index (χ0) is 18.7. The van der Waals surface area contributed by atoms with Crippen molar-refractivity contribution in [2.24, 2.45) is 0 Å². The third-order valence-electron chi connectivity index (χ3n) is 4.46. The van der Waals surface area contributed by atoms with Crippen LogP contribution in [-0.4, -0.2) is 46.6 Å². The summed E-state index contributed by atoms with van der Waals surface area (Å²) in [4.78, 5) is 15.0. The molecule has 1 heterocycles. The fraction of sp³-hybridized carbons (Fsp3) is 0.294. The number of nitro benzene ring substituents is 1. The number of anilines is 2. The molecular formula is C17H20N4O4S. The number of piperazine rings is 1. The summed E-state index contributed by atoms with van der Waals surface area (Å²) >= 11 is 0. The first kappa shape index (κ1) is 18.2. The van der Waals surface area contributed by atoms with Crippen LogP contribution in [0.1, 0.15) is 0 Å². The summed E-state index contributed by atoms with van der Waals surface area (Å²) in [6.45, 7) is 2.71. The Morgan fingerprint density at radius 1 is 1.00 bits per heavy atom. The molecule has 0 spiro atoms. The number of hydrogen-bond donors (Lipinski definition) is 1. The summed E-state index contributed by atoms with van der Waals surface area (Å²) in [5.41, 5.74) is 1.37. The monoisotopic (exact) mass is 376 g/mol. The van der Waals surface area contributed by atoms with E-state index in [4.69, 9.17) is 0 Å². The Hall–Kier alpha value is -2.65. The molecule has 1 fully saturated rings. The van der Waals surface area contributed by atoms with Crippen LogP contribution in [0.5, 0.6) is 0 Å². The molecule has 0 amide bonds. The summed E-state index contributed by atoms with van der Waals surface area (Å²) in [5, 5.41) is 11.5. The maximum Gasteiger partial charge on any atom is 0.293 e. The van der Waals surface area contributed by atoms with Gasteiger partial charge in [-0.2, -0.15) is 0 Å². The van der Waals surface area contributed by atoms with Gasteiger partial charge in [0.05, 0.1) is 9.82 Å². The Labute approximate surface area is 152 Å². The molecule has 0 bridgehead atoms. The van der Waals surface area contributed by atoms with Gasteiger partial charge in [0.25, 0.3) is 5.69 Å². The summed E-state index contributed by atoms with van der Waals surface area (Å²) in [6, 6.07) is 14.0. The molecule has 0 radical (unpaired) electrons. The van der Waals surface area contributed by atoms with Gasteiger partial charge in [-0.05, 0) is 31.3 Å². The molecular weight excluding hydrogens is 356 g/mol. The second-order valence-corrected chi connectivity index (χ2v) is 7.81. The summed E-state index contributed by atoms with van der Waals surface area (Å²) in [7, 11) is -2.45. The van der Waals surface area contributed by atoms with E-state index in [1.54, 1.807) is 0 Å². The minimum atomic E-state index is -3.73. The Morgan fingerprint density at radius 3 is 2.19 bits per heavy atom. The van der Waals surface area contributed by atoms with Gasteiger partial charge >= 0.3 is 0 Å². The minimum absolute atomic E-state index is 0.113. The summed E-state index contributed by atoms with van der Waals surface area (Å²) in [6.07, 6.45) is 0. The highest BCUT2D eigenvalue weighted by Gasteiger charge is 2.26. The molecule has 1 N–H and O–H groups in total. The first-order chi connectivity index (χ1) is 12.4. The van der Waals surface area contributed by atoms with Crippen molar-refractivity contribution in [3.8, 4) is 0 Å². The van der Waals surface area contributed by atoms with Crippen molar-refractivity contribution in [3.63, 3.8) is 0 Å². The SMILES string of the molecule is CNS(=O)(=O)c1ccc(N2CCN(c3ccccc3)CC2)c([N+](=O)[O-])c1. The second-order valence-electron chi connectivity index (χ2n) is 5.92. The van der Waals surface area contributed by atoms with Crippen molar-refractivity contribution in [2.75, 3.05) is 43.0 Å². The molecule has 26 heavy (non-hydrogen) atoms. The number of benzene rings is 2. The van der Waals surface area contributed by atoms with Gasteiger partial charge in [-0.15, -0.1) is 0 Å². The largest absolute Gasteiger partial charge is 0.368 e. The molecule has 138 valence electrons. The molecule has 0 aliphatic carbocycles. The van der Waals surface area contributed by atoms with Crippen LogP contribution in [0.15, 0.2) is 53.4 Å². The third kappa shape index (κ3) is 3.63. The molecule has 1 aliphatic heterocycles. The highest BCUT2D eigenvalue weighted by atomic mass is 32.2. The maximum atomic E-state index is 11.9. The smallest absolute Gasteiger partial charge is 0.293 e. The number of nitrogens with zero attached hydrogens (tertiary/aromatic N) is 3. The van der Waals surface area contributed by atoms with Crippen molar-refractivity contribution < 1.29 is 13.3 Å². The highest BCUT2D eigenvalue weighted by molar-refractivity contribution is 7.89. The normalized spacial score (nSPS) is 15.1. The lowest BCUT2D eigenvalue weighted by atomic mass is 10.2. The van der Waals surface area contributed by atoms with Crippen LogP contribution >= 0.6 is 0 Å². The van der Waals surface area contributed by atoms with Crippen molar-refractivity contribution >= 4 is 27.1 Å². The predicted molar refractivity (Wildman–Crippen MR) is 100 cm³/mol. The minimum Gasteiger partial charge on any atom is -0.368 e. The molecule has 2 aromatic rings. The van der Waals surface area contributed by atoms with Gasteiger partial charge in [0.2, 0.25) is 10.0 Å². The Kier molecular flexibility index (Phi) is 5.10. The molecule has 0 aromatic heterocycles. The number of hydrogen-bond acceptors (Lipinski definition) is 6. The average Bonchev–Trinajstić information content (AvgIpc) is 2.68. The highest BCUT2D eigenvalue weighted by Crippen LogP contribution is 2.32. The van der Waals surface area contributed by atoms with Gasteiger partial charge in [-0.25, -0.2) is 13.1 Å². The van der Waals surface area contributed by atoms with Crippen LogP contribution in [0.3, 0.4) is 0 Å². The van der Waals surface area contributed by atoms with E-state index in [0.29, 0.717) is 18.8 Å². The molecule has 1 aliphatic rings. The lowest BCUT2D eigenvalue weighted by Gasteiger charge is -2.37. The van der Waals surface area contributed by atoms with Gasteiger partial charge < -0.3 is 9.80 Å². The van der Waals surface area contributed by atoms with Crippen LogP contribution in [0.2, 0.25) is 0 Å². The second kappa shape index (κ2) is 7.30. The molecule has 3 rings (SSSR count). The fourth-order valence-electron chi connectivity index (χ4n) is 3.05. The summed E-state index contributed by atoms with van der Waals surface area (Å²) in [5.74, 6) is 0. The number of sulfonamides is 1. The van der Waals surface area contributed by atoms with E-state index in [9.17, 15) is 18.5 Å². The summed E-state index contributed by atoms with van der Waals surface area (Å²) < 4.78 is 26.0. The van der Waals surface area contributed by atoms with Crippen molar-refractivity contribution in [1.82, 2.24) is 4.72 Å². The number of rotatable bonds is 5. The molecule has 0 saturated carbocycles. The van der Waals surface area contributed by atoms with Crippen molar-refractivity contribution in [1.29, 1.82) is 0 Å². The van der Waals surface area contributed by atoms with E-state index in [0.717, 1.165) is 24.8 Å². The molecule has 9 heteroatoms. The predicted octanol–water partition coefficient (Wildman–Crippen LogP) is 1.83. The van der Waals surface area contributed by atoms with E-state index in [1.165, 1.54) is 19.2 Å². The Bertz CT molecular complexity index is 894. The van der Waals surface area contributed by atoms with E-state index in [1.807, 2.05) is 35.2 Å². The maximum absolute atomic E-state index is 11.9. The van der Waals surface area contributed by atoms with Crippen molar-refractivity contribution in [3.05, 3.63) is 58.6 Å². The average molecular weight is 376 g/mol. The number of para-hydroxylation sites is 1. The lowest BCUT2D eigenvalue weighted by molar-refractivity contribution is -0.384. The first-order valence-electron chi connectivity index (χ1n) is 8.19. The standard InChI is InChI=1S/C17H20N4O4S/c1-18-26(24,25)15-7-8-16(17(13-15)21(22)23)20-11-9-19(10-12-20)14-5-3-2-4-6-14/h2-8,13,18H,9-12H2,1H3.